The quantitative estimate of drug-likeness (QED) is 0.460. The molecule has 0 bridgehead atoms. The minimum Gasteiger partial charge on any atom is -0.467 e. The highest BCUT2D eigenvalue weighted by Gasteiger charge is 2.60. The fourth-order valence-electron chi connectivity index (χ4n) is 7.23. The summed E-state index contributed by atoms with van der Waals surface area (Å²) in [5, 5.41) is 27.5. The fraction of sp³-hybridized carbons (Fsp3) is 0.778. The van der Waals surface area contributed by atoms with E-state index >= 15 is 0 Å². The lowest BCUT2D eigenvalue weighted by molar-refractivity contribution is -0.186. The van der Waals surface area contributed by atoms with Gasteiger partial charge in [-0.2, -0.15) is 0 Å². The van der Waals surface area contributed by atoms with Crippen LogP contribution < -0.4 is 10.6 Å². The summed E-state index contributed by atoms with van der Waals surface area (Å²) in [5.41, 5.74) is -0.989. The Morgan fingerprint density at radius 1 is 1.14 bits per heavy atom. The number of carbonyl (C=O) groups is 2. The van der Waals surface area contributed by atoms with E-state index in [1.54, 1.807) is 12.3 Å². The molecule has 1 unspecified atom stereocenters. The predicted octanol–water partition coefficient (Wildman–Crippen LogP) is 3.90. The van der Waals surface area contributed by atoms with E-state index in [1.807, 2.05) is 13.0 Å². The number of ether oxygens (including phenoxy) is 1. The molecule has 2 amide bonds. The Hall–Kier alpha value is -2.06. The van der Waals surface area contributed by atoms with Gasteiger partial charge >= 0.3 is 6.09 Å². The van der Waals surface area contributed by atoms with E-state index in [2.05, 4.69) is 17.6 Å². The summed E-state index contributed by atoms with van der Waals surface area (Å²) >= 11 is 0. The second kappa shape index (κ2) is 10.9. The summed E-state index contributed by atoms with van der Waals surface area (Å²) in [6, 6.07) is 3.76. The molecule has 3 aliphatic carbocycles. The van der Waals surface area contributed by atoms with Crippen molar-refractivity contribution in [2.75, 3.05) is 6.61 Å². The van der Waals surface area contributed by atoms with Crippen LogP contribution in [0.1, 0.15) is 83.8 Å². The lowest BCUT2D eigenvalue weighted by atomic mass is 9.46. The summed E-state index contributed by atoms with van der Waals surface area (Å²) in [6.07, 6.45) is 8.45. The number of furan rings is 1. The van der Waals surface area contributed by atoms with Crippen LogP contribution in [0.2, 0.25) is 0 Å². The maximum absolute atomic E-state index is 12.8. The van der Waals surface area contributed by atoms with E-state index in [9.17, 15) is 19.8 Å². The highest BCUT2D eigenvalue weighted by Crippen LogP contribution is 2.61. The molecule has 1 aromatic rings. The van der Waals surface area contributed by atoms with Gasteiger partial charge in [-0.15, -0.1) is 0 Å². The zero-order chi connectivity index (χ0) is 25.1. The van der Waals surface area contributed by atoms with E-state index in [0.717, 1.165) is 38.5 Å². The first-order valence-electron chi connectivity index (χ1n) is 13.3. The molecule has 6 atom stereocenters. The molecular weight excluding hydrogens is 448 g/mol. The van der Waals surface area contributed by atoms with Gasteiger partial charge in [0.15, 0.2) is 0 Å². The molecule has 0 saturated heterocycles. The van der Waals surface area contributed by atoms with Crippen LogP contribution in [0.15, 0.2) is 22.8 Å². The molecule has 3 aliphatic rings. The van der Waals surface area contributed by atoms with Crippen molar-refractivity contribution in [2.24, 2.45) is 22.7 Å². The number of aliphatic hydroxyl groups is 2. The van der Waals surface area contributed by atoms with Crippen molar-refractivity contribution in [1.82, 2.24) is 10.6 Å². The average Bonchev–Trinajstić information content (AvgIpc) is 3.36. The highest BCUT2D eigenvalue weighted by atomic mass is 16.6. The van der Waals surface area contributed by atoms with Crippen LogP contribution in [0.4, 0.5) is 4.79 Å². The third kappa shape index (κ3) is 5.53. The number of aliphatic hydroxyl groups excluding tert-OH is 2. The van der Waals surface area contributed by atoms with Gasteiger partial charge in [-0.3, -0.25) is 4.79 Å². The first-order valence-corrected chi connectivity index (χ1v) is 13.3. The van der Waals surface area contributed by atoms with Crippen molar-refractivity contribution in [2.45, 2.75) is 103 Å². The molecule has 1 aromatic heterocycles. The van der Waals surface area contributed by atoms with Crippen LogP contribution in [0.25, 0.3) is 0 Å². The van der Waals surface area contributed by atoms with Crippen molar-refractivity contribution in [1.29, 1.82) is 0 Å². The second-order valence-electron chi connectivity index (χ2n) is 11.4. The van der Waals surface area contributed by atoms with Crippen molar-refractivity contribution in [3.05, 3.63) is 24.2 Å². The standard InChI is InChI=1S/C27H42N2O6/c1-26-13-12-23(35-25(33)29-18-7-4-3-5-8-18)27(2,17-30)22(26)11-10-21(31)20(26)15-24(32)28-16-19-9-6-14-34-19/h6,9,14,18,20-23,30-31H,3-5,7-8,10-13,15-17H2,1-2H3,(H,28,32)(H,29,33)/t20-,21-,22?,23-,26+,27+/m1/s1. The summed E-state index contributed by atoms with van der Waals surface area (Å²) in [6.45, 7) is 4.34. The minimum absolute atomic E-state index is 0.0208. The Morgan fingerprint density at radius 2 is 1.91 bits per heavy atom. The van der Waals surface area contributed by atoms with Crippen LogP contribution >= 0.6 is 0 Å². The molecule has 1 heterocycles. The molecule has 3 fully saturated rings. The molecule has 3 saturated carbocycles. The summed E-state index contributed by atoms with van der Waals surface area (Å²) in [4.78, 5) is 25.5. The number of rotatable bonds is 7. The number of fused-ring (bicyclic) bond motifs is 1. The first kappa shape index (κ1) is 26.0. The van der Waals surface area contributed by atoms with Crippen LogP contribution in [-0.2, 0) is 16.1 Å². The van der Waals surface area contributed by atoms with Crippen molar-refractivity contribution in [3.8, 4) is 0 Å². The maximum atomic E-state index is 12.8. The van der Waals surface area contributed by atoms with E-state index in [1.165, 1.54) is 6.42 Å². The summed E-state index contributed by atoms with van der Waals surface area (Å²) in [7, 11) is 0. The molecule has 0 radical (unpaired) electrons. The van der Waals surface area contributed by atoms with Crippen LogP contribution in [-0.4, -0.2) is 47.1 Å². The second-order valence-corrected chi connectivity index (χ2v) is 11.4. The molecule has 0 aromatic carbocycles. The molecular formula is C27H42N2O6. The monoisotopic (exact) mass is 490 g/mol. The Kier molecular flexibility index (Phi) is 8.11. The summed E-state index contributed by atoms with van der Waals surface area (Å²) in [5.74, 6) is 0.347. The lowest BCUT2D eigenvalue weighted by Gasteiger charge is -2.60. The fourth-order valence-corrected chi connectivity index (χ4v) is 7.23. The van der Waals surface area contributed by atoms with E-state index in [-0.39, 0.29) is 42.2 Å². The predicted molar refractivity (Wildman–Crippen MR) is 130 cm³/mol. The number of hydrogen-bond acceptors (Lipinski definition) is 6. The largest absolute Gasteiger partial charge is 0.467 e. The number of amides is 2. The topological polar surface area (TPSA) is 121 Å². The van der Waals surface area contributed by atoms with Gasteiger partial charge in [0.2, 0.25) is 5.91 Å². The normalized spacial score (nSPS) is 35.7. The first-order chi connectivity index (χ1) is 16.8. The molecule has 196 valence electrons. The van der Waals surface area contributed by atoms with Gasteiger partial charge in [-0.1, -0.05) is 33.1 Å². The van der Waals surface area contributed by atoms with Gasteiger partial charge < -0.3 is 30.0 Å². The van der Waals surface area contributed by atoms with E-state index in [0.29, 0.717) is 25.1 Å². The Bertz CT molecular complexity index is 854. The molecule has 0 spiro atoms. The van der Waals surface area contributed by atoms with Gasteiger partial charge in [-0.05, 0) is 67.9 Å². The third-order valence-electron chi connectivity index (χ3n) is 9.30. The molecule has 0 aliphatic heterocycles. The van der Waals surface area contributed by atoms with Crippen molar-refractivity contribution in [3.63, 3.8) is 0 Å². The van der Waals surface area contributed by atoms with Crippen LogP contribution in [0.3, 0.4) is 0 Å². The number of carbonyl (C=O) groups excluding carboxylic acids is 2. The molecule has 8 heteroatoms. The molecule has 35 heavy (non-hydrogen) atoms. The maximum Gasteiger partial charge on any atom is 0.407 e. The van der Waals surface area contributed by atoms with Gasteiger partial charge in [0.25, 0.3) is 0 Å². The Labute approximate surface area is 208 Å². The van der Waals surface area contributed by atoms with Crippen LogP contribution in [0, 0.1) is 22.7 Å². The minimum atomic E-state index is -0.639. The summed E-state index contributed by atoms with van der Waals surface area (Å²) < 4.78 is 11.3. The van der Waals surface area contributed by atoms with Crippen molar-refractivity contribution >= 4 is 12.0 Å². The molecule has 4 N–H and O–H groups in total. The number of alkyl carbamates (subject to hydrolysis) is 1. The highest BCUT2D eigenvalue weighted by molar-refractivity contribution is 5.76. The molecule has 4 rings (SSSR count). The Balaban J connectivity index is 1.43. The number of nitrogens with one attached hydrogen (secondary N) is 2. The van der Waals surface area contributed by atoms with Crippen LogP contribution in [0.5, 0.6) is 0 Å². The third-order valence-corrected chi connectivity index (χ3v) is 9.30. The van der Waals surface area contributed by atoms with E-state index in [4.69, 9.17) is 9.15 Å². The van der Waals surface area contributed by atoms with E-state index < -0.39 is 23.7 Å². The smallest absolute Gasteiger partial charge is 0.407 e. The van der Waals surface area contributed by atoms with Gasteiger partial charge in [0.05, 0.1) is 25.5 Å². The zero-order valence-corrected chi connectivity index (χ0v) is 21.1. The van der Waals surface area contributed by atoms with Gasteiger partial charge in [0.1, 0.15) is 11.9 Å². The lowest BCUT2D eigenvalue weighted by Crippen LogP contribution is -2.61. The SMILES string of the molecule is C[C@]1(CO)C2CC[C@@H](O)[C@@H](CC(=O)NCc3ccco3)[C@]2(C)CC[C@H]1OC(=O)NC1CCCCC1. The zero-order valence-electron chi connectivity index (χ0n) is 21.1. The average molecular weight is 491 g/mol. The molecule has 8 nitrogen and oxygen atoms in total. The van der Waals surface area contributed by atoms with Crippen molar-refractivity contribution < 1.29 is 29.0 Å². The van der Waals surface area contributed by atoms with Gasteiger partial charge in [0, 0.05) is 17.9 Å². The van der Waals surface area contributed by atoms with Gasteiger partial charge in [-0.25, -0.2) is 4.79 Å². The number of hydrogen-bond donors (Lipinski definition) is 4. The Morgan fingerprint density at radius 3 is 2.60 bits per heavy atom.